The molecule has 2 aliphatic rings. The molecule has 2 N–H and O–H groups in total. The van der Waals surface area contributed by atoms with Crippen molar-refractivity contribution in [3.05, 3.63) is 0 Å². The summed E-state index contributed by atoms with van der Waals surface area (Å²) in [6.07, 6.45) is 4.35. The van der Waals surface area contributed by atoms with Crippen molar-refractivity contribution < 1.29 is 19.4 Å². The molecule has 0 bridgehead atoms. The molecular weight excluding hydrogens is 272 g/mol. The van der Waals surface area contributed by atoms with Crippen LogP contribution in [0.2, 0.25) is 0 Å². The zero-order valence-electron chi connectivity index (χ0n) is 12.9. The molecule has 0 aromatic rings. The topological polar surface area (TPSA) is 78.9 Å². The van der Waals surface area contributed by atoms with Gasteiger partial charge in [-0.15, -0.1) is 0 Å². The zero-order valence-corrected chi connectivity index (χ0v) is 12.9. The number of aliphatic carboxylic acids is 1. The number of hydrogen-bond acceptors (Lipinski definition) is 3. The predicted octanol–water partition coefficient (Wildman–Crippen LogP) is 1.98. The Labute approximate surface area is 125 Å². The van der Waals surface area contributed by atoms with Crippen LogP contribution in [0, 0.1) is 0 Å². The normalized spacial score (nSPS) is 29.0. The molecule has 0 aliphatic carbocycles. The summed E-state index contributed by atoms with van der Waals surface area (Å²) in [5, 5.41) is 12.0. The first-order valence-electron chi connectivity index (χ1n) is 7.80. The van der Waals surface area contributed by atoms with Crippen molar-refractivity contribution in [1.29, 1.82) is 0 Å². The number of carbonyl (C=O) groups excluding carboxylic acids is 1. The molecule has 0 saturated carbocycles. The molecule has 2 unspecified atom stereocenters. The van der Waals surface area contributed by atoms with Gasteiger partial charge in [0.25, 0.3) is 0 Å². The summed E-state index contributed by atoms with van der Waals surface area (Å²) in [6.45, 7) is 5.35. The van der Waals surface area contributed by atoms with Crippen molar-refractivity contribution >= 4 is 12.0 Å². The number of rotatable bonds is 3. The number of carboxylic acid groups (broad SMARTS) is 1. The molecule has 2 amide bonds. The smallest absolute Gasteiger partial charge is 0.317 e. The second kappa shape index (κ2) is 6.64. The van der Waals surface area contributed by atoms with E-state index in [1.54, 1.807) is 4.90 Å². The second-order valence-electron chi connectivity index (χ2n) is 6.69. The molecule has 2 saturated heterocycles. The van der Waals surface area contributed by atoms with Crippen molar-refractivity contribution in [2.24, 2.45) is 0 Å². The average Bonchev–Trinajstić information content (AvgIpc) is 2.37. The van der Waals surface area contributed by atoms with Gasteiger partial charge in [0.2, 0.25) is 0 Å². The van der Waals surface area contributed by atoms with Gasteiger partial charge in [0.1, 0.15) is 0 Å². The third-order valence-corrected chi connectivity index (χ3v) is 4.32. The maximum absolute atomic E-state index is 12.5. The molecule has 21 heavy (non-hydrogen) atoms. The molecule has 6 heteroatoms. The van der Waals surface area contributed by atoms with E-state index in [0.717, 1.165) is 32.1 Å². The maximum atomic E-state index is 12.5. The van der Waals surface area contributed by atoms with Gasteiger partial charge in [0.15, 0.2) is 0 Å². The average molecular weight is 298 g/mol. The highest BCUT2D eigenvalue weighted by molar-refractivity contribution is 5.76. The van der Waals surface area contributed by atoms with E-state index in [9.17, 15) is 9.59 Å². The minimum Gasteiger partial charge on any atom is -0.481 e. The van der Waals surface area contributed by atoms with E-state index in [1.165, 1.54) is 0 Å². The van der Waals surface area contributed by atoms with Crippen LogP contribution in [-0.2, 0) is 9.53 Å². The Kier molecular flexibility index (Phi) is 5.08. The van der Waals surface area contributed by atoms with Crippen LogP contribution in [0.1, 0.15) is 52.4 Å². The molecule has 6 nitrogen and oxygen atoms in total. The van der Waals surface area contributed by atoms with Gasteiger partial charge in [0, 0.05) is 25.2 Å². The zero-order chi connectivity index (χ0) is 15.5. The van der Waals surface area contributed by atoms with Gasteiger partial charge < -0.3 is 20.1 Å². The second-order valence-corrected chi connectivity index (χ2v) is 6.69. The SMILES string of the molecule is CC1(C)CC(NC(=O)N2CCCCC2CC(=O)O)CCO1. The lowest BCUT2D eigenvalue weighted by Crippen LogP contribution is -2.54. The number of nitrogens with zero attached hydrogens (tertiary/aromatic N) is 1. The molecule has 2 atom stereocenters. The summed E-state index contributed by atoms with van der Waals surface area (Å²) in [6, 6.07) is -0.193. The lowest BCUT2D eigenvalue weighted by Gasteiger charge is -2.39. The molecular formula is C15H26N2O4. The Morgan fingerprint density at radius 3 is 2.76 bits per heavy atom. The van der Waals surface area contributed by atoms with E-state index in [2.05, 4.69) is 5.32 Å². The van der Waals surface area contributed by atoms with Crippen molar-refractivity contribution in [3.63, 3.8) is 0 Å². The lowest BCUT2D eigenvalue weighted by molar-refractivity contribution is -0.138. The summed E-state index contributed by atoms with van der Waals surface area (Å²) < 4.78 is 5.65. The third-order valence-electron chi connectivity index (χ3n) is 4.32. The van der Waals surface area contributed by atoms with E-state index in [0.29, 0.717) is 13.2 Å². The Morgan fingerprint density at radius 2 is 2.10 bits per heavy atom. The summed E-state index contributed by atoms with van der Waals surface area (Å²) >= 11 is 0. The Morgan fingerprint density at radius 1 is 1.33 bits per heavy atom. The summed E-state index contributed by atoms with van der Waals surface area (Å²) in [5.41, 5.74) is -0.210. The van der Waals surface area contributed by atoms with Crippen LogP contribution in [-0.4, -0.2) is 52.8 Å². The first kappa shape index (κ1) is 16.1. The van der Waals surface area contributed by atoms with E-state index in [1.807, 2.05) is 13.8 Å². The number of amides is 2. The van der Waals surface area contributed by atoms with Crippen molar-refractivity contribution in [3.8, 4) is 0 Å². The highest BCUT2D eigenvalue weighted by atomic mass is 16.5. The monoisotopic (exact) mass is 298 g/mol. The van der Waals surface area contributed by atoms with Crippen LogP contribution in [0.25, 0.3) is 0 Å². The number of nitrogens with one attached hydrogen (secondary N) is 1. The highest BCUT2D eigenvalue weighted by Gasteiger charge is 2.33. The van der Waals surface area contributed by atoms with Gasteiger partial charge in [-0.25, -0.2) is 4.79 Å². The fourth-order valence-corrected chi connectivity index (χ4v) is 3.29. The molecule has 0 spiro atoms. The van der Waals surface area contributed by atoms with Crippen molar-refractivity contribution in [2.45, 2.75) is 70.1 Å². The van der Waals surface area contributed by atoms with E-state index in [4.69, 9.17) is 9.84 Å². The highest BCUT2D eigenvalue weighted by Crippen LogP contribution is 2.25. The fraction of sp³-hybridized carbons (Fsp3) is 0.867. The van der Waals surface area contributed by atoms with Gasteiger partial charge >= 0.3 is 12.0 Å². The molecule has 0 radical (unpaired) electrons. The number of carbonyl (C=O) groups is 2. The van der Waals surface area contributed by atoms with Crippen molar-refractivity contribution in [1.82, 2.24) is 10.2 Å². The van der Waals surface area contributed by atoms with Crippen molar-refractivity contribution in [2.75, 3.05) is 13.2 Å². The maximum Gasteiger partial charge on any atom is 0.317 e. The Balaban J connectivity index is 1.92. The first-order valence-corrected chi connectivity index (χ1v) is 7.80. The van der Waals surface area contributed by atoms with Crippen LogP contribution in [0.5, 0.6) is 0 Å². The minimum absolute atomic E-state index is 0.0344. The van der Waals surface area contributed by atoms with Crippen LogP contribution in [0.3, 0.4) is 0 Å². The predicted molar refractivity (Wildman–Crippen MR) is 78.2 cm³/mol. The van der Waals surface area contributed by atoms with Gasteiger partial charge in [-0.1, -0.05) is 0 Å². The fourth-order valence-electron chi connectivity index (χ4n) is 3.29. The van der Waals surface area contributed by atoms with E-state index >= 15 is 0 Å². The number of urea groups is 1. The molecule has 2 rings (SSSR count). The molecule has 2 aliphatic heterocycles. The molecule has 2 fully saturated rings. The van der Waals surface area contributed by atoms with Crippen LogP contribution in [0.4, 0.5) is 4.79 Å². The minimum atomic E-state index is -0.841. The van der Waals surface area contributed by atoms with Gasteiger partial charge in [-0.05, 0) is 46.0 Å². The molecule has 120 valence electrons. The van der Waals surface area contributed by atoms with E-state index < -0.39 is 5.97 Å². The summed E-state index contributed by atoms with van der Waals surface area (Å²) in [5.74, 6) is -0.841. The van der Waals surface area contributed by atoms with Gasteiger partial charge in [-0.3, -0.25) is 4.79 Å². The molecule has 2 heterocycles. The number of ether oxygens (including phenoxy) is 1. The number of piperidine rings is 1. The Hall–Kier alpha value is -1.30. The number of hydrogen-bond donors (Lipinski definition) is 2. The molecule has 0 aromatic carbocycles. The Bertz CT molecular complexity index is 397. The number of carboxylic acids is 1. The van der Waals surface area contributed by atoms with Gasteiger partial charge in [0.05, 0.1) is 12.0 Å². The van der Waals surface area contributed by atoms with Crippen LogP contribution in [0.15, 0.2) is 0 Å². The van der Waals surface area contributed by atoms with Crippen LogP contribution < -0.4 is 5.32 Å². The number of likely N-dealkylation sites (tertiary alicyclic amines) is 1. The standard InChI is InChI=1S/C15H26N2O4/c1-15(2)10-11(6-8-21-15)16-14(20)17-7-4-3-5-12(17)9-13(18)19/h11-12H,3-10H2,1-2H3,(H,16,20)(H,18,19). The summed E-state index contributed by atoms with van der Waals surface area (Å²) in [7, 11) is 0. The van der Waals surface area contributed by atoms with Crippen LogP contribution >= 0.6 is 0 Å². The summed E-state index contributed by atoms with van der Waals surface area (Å²) in [4.78, 5) is 25.1. The first-order chi connectivity index (χ1) is 9.87. The molecule has 0 aromatic heterocycles. The third kappa shape index (κ3) is 4.59. The quantitative estimate of drug-likeness (QED) is 0.835. The largest absolute Gasteiger partial charge is 0.481 e. The van der Waals surface area contributed by atoms with Gasteiger partial charge in [-0.2, -0.15) is 0 Å². The van der Waals surface area contributed by atoms with E-state index in [-0.39, 0.29) is 30.1 Å². The lowest BCUT2D eigenvalue weighted by atomic mass is 9.94.